The Labute approximate surface area is 138 Å². The summed E-state index contributed by atoms with van der Waals surface area (Å²) >= 11 is 0. The Morgan fingerprint density at radius 2 is 1.70 bits per heavy atom. The van der Waals surface area contributed by atoms with Crippen LogP contribution < -0.4 is 9.47 Å². The molecule has 122 valence electrons. The Morgan fingerprint density at radius 1 is 1.00 bits per heavy atom. The van der Waals surface area contributed by atoms with Gasteiger partial charge in [-0.15, -0.1) is 0 Å². The summed E-state index contributed by atoms with van der Waals surface area (Å²) in [4.78, 5) is 2.40. The maximum atomic E-state index is 6.06. The minimum absolute atomic E-state index is 0.512. The van der Waals surface area contributed by atoms with Crippen molar-refractivity contribution < 1.29 is 9.47 Å². The van der Waals surface area contributed by atoms with E-state index in [1.165, 1.54) is 12.0 Å². The molecule has 1 aliphatic rings. The molecule has 0 aliphatic carbocycles. The Bertz CT molecular complexity index is 597. The molecule has 0 N–H and O–H groups in total. The van der Waals surface area contributed by atoms with E-state index in [4.69, 9.17) is 9.47 Å². The van der Waals surface area contributed by atoms with Crippen LogP contribution in [0.15, 0.2) is 54.6 Å². The standard InChI is InChI=1S/C20H25NO2/c1-21-13-12-20(16-6-4-3-5-7-16)17(14-21)15-23-19-10-8-18(22-2)9-11-19/h3-11,17,20H,12-15H2,1-2H3/t17-,20?/m1/s1. The molecular formula is C20H25NO2. The van der Waals surface area contributed by atoms with Gasteiger partial charge in [-0.05, 0) is 55.8 Å². The van der Waals surface area contributed by atoms with Crippen molar-refractivity contribution in [2.24, 2.45) is 5.92 Å². The van der Waals surface area contributed by atoms with Gasteiger partial charge < -0.3 is 14.4 Å². The summed E-state index contributed by atoms with van der Waals surface area (Å²) < 4.78 is 11.3. The molecule has 1 fully saturated rings. The van der Waals surface area contributed by atoms with Crippen LogP contribution in [0.3, 0.4) is 0 Å². The van der Waals surface area contributed by atoms with Gasteiger partial charge in [0.1, 0.15) is 11.5 Å². The molecule has 0 saturated carbocycles. The van der Waals surface area contributed by atoms with Crippen LogP contribution in [0.25, 0.3) is 0 Å². The van der Waals surface area contributed by atoms with Crippen LogP contribution in [0.1, 0.15) is 17.9 Å². The van der Waals surface area contributed by atoms with Gasteiger partial charge in [0, 0.05) is 12.5 Å². The summed E-state index contributed by atoms with van der Waals surface area (Å²) in [7, 11) is 3.87. The summed E-state index contributed by atoms with van der Waals surface area (Å²) in [6.45, 7) is 2.98. The minimum atomic E-state index is 0.512. The number of likely N-dealkylation sites (tertiary alicyclic amines) is 1. The first kappa shape index (κ1) is 15.9. The Kier molecular flexibility index (Phi) is 5.19. The fourth-order valence-electron chi connectivity index (χ4n) is 3.40. The number of piperidine rings is 1. The van der Waals surface area contributed by atoms with E-state index in [0.717, 1.165) is 31.2 Å². The molecule has 1 unspecified atom stereocenters. The van der Waals surface area contributed by atoms with Crippen LogP contribution in [0.4, 0.5) is 0 Å². The van der Waals surface area contributed by atoms with Crippen LogP contribution in [-0.2, 0) is 0 Å². The highest BCUT2D eigenvalue weighted by Gasteiger charge is 2.29. The molecule has 1 aliphatic heterocycles. The maximum Gasteiger partial charge on any atom is 0.119 e. The van der Waals surface area contributed by atoms with Crippen LogP contribution >= 0.6 is 0 Å². The lowest BCUT2D eigenvalue weighted by Gasteiger charge is -2.37. The van der Waals surface area contributed by atoms with Crippen molar-refractivity contribution in [1.29, 1.82) is 0 Å². The lowest BCUT2D eigenvalue weighted by Crippen LogP contribution is -2.39. The van der Waals surface area contributed by atoms with E-state index in [0.29, 0.717) is 11.8 Å². The van der Waals surface area contributed by atoms with Crippen molar-refractivity contribution in [2.45, 2.75) is 12.3 Å². The molecule has 0 aromatic heterocycles. The second-order valence-electron chi connectivity index (χ2n) is 6.31. The quantitative estimate of drug-likeness (QED) is 0.838. The second kappa shape index (κ2) is 7.51. The van der Waals surface area contributed by atoms with Crippen molar-refractivity contribution in [3.8, 4) is 11.5 Å². The summed E-state index contributed by atoms with van der Waals surface area (Å²) in [5.41, 5.74) is 1.43. The summed E-state index contributed by atoms with van der Waals surface area (Å²) in [5.74, 6) is 2.85. The Balaban J connectivity index is 1.67. The molecular weight excluding hydrogens is 286 g/mol. The van der Waals surface area contributed by atoms with Gasteiger partial charge in [-0.2, -0.15) is 0 Å². The van der Waals surface area contributed by atoms with Crippen molar-refractivity contribution in [3.63, 3.8) is 0 Å². The zero-order valence-electron chi connectivity index (χ0n) is 13.9. The molecule has 2 aromatic carbocycles. The zero-order chi connectivity index (χ0) is 16.1. The lowest BCUT2D eigenvalue weighted by molar-refractivity contribution is 0.129. The number of nitrogens with zero attached hydrogens (tertiary/aromatic N) is 1. The maximum absolute atomic E-state index is 6.06. The predicted molar refractivity (Wildman–Crippen MR) is 93.3 cm³/mol. The molecule has 1 saturated heterocycles. The number of ether oxygens (including phenoxy) is 2. The second-order valence-corrected chi connectivity index (χ2v) is 6.31. The Morgan fingerprint density at radius 3 is 2.39 bits per heavy atom. The van der Waals surface area contributed by atoms with Gasteiger partial charge >= 0.3 is 0 Å². The van der Waals surface area contributed by atoms with E-state index in [-0.39, 0.29) is 0 Å². The number of methoxy groups -OCH3 is 1. The third-order valence-corrected chi connectivity index (χ3v) is 4.69. The van der Waals surface area contributed by atoms with Gasteiger partial charge in [0.2, 0.25) is 0 Å². The number of rotatable bonds is 5. The normalized spacial score (nSPS) is 21.8. The first-order chi connectivity index (χ1) is 11.3. The molecule has 23 heavy (non-hydrogen) atoms. The fraction of sp³-hybridized carbons (Fsp3) is 0.400. The van der Waals surface area contributed by atoms with Gasteiger partial charge in [-0.3, -0.25) is 0 Å². The van der Waals surface area contributed by atoms with Crippen LogP contribution in [0.5, 0.6) is 11.5 Å². The molecule has 3 heteroatoms. The third-order valence-electron chi connectivity index (χ3n) is 4.69. The summed E-state index contributed by atoms with van der Waals surface area (Å²) in [6, 6.07) is 18.7. The Hall–Kier alpha value is -2.00. The molecule has 2 atom stereocenters. The molecule has 0 radical (unpaired) electrons. The average Bonchev–Trinajstić information content (AvgIpc) is 2.61. The summed E-state index contributed by atoms with van der Waals surface area (Å²) in [5, 5.41) is 0. The number of hydrogen-bond acceptors (Lipinski definition) is 3. The number of hydrogen-bond donors (Lipinski definition) is 0. The lowest BCUT2D eigenvalue weighted by atomic mass is 9.81. The highest BCUT2D eigenvalue weighted by atomic mass is 16.5. The smallest absolute Gasteiger partial charge is 0.119 e. The van der Waals surface area contributed by atoms with E-state index in [1.54, 1.807) is 7.11 Å². The van der Waals surface area contributed by atoms with E-state index >= 15 is 0 Å². The summed E-state index contributed by atoms with van der Waals surface area (Å²) in [6.07, 6.45) is 1.19. The fourth-order valence-corrected chi connectivity index (χ4v) is 3.40. The van der Waals surface area contributed by atoms with E-state index in [9.17, 15) is 0 Å². The van der Waals surface area contributed by atoms with Gasteiger partial charge in [-0.1, -0.05) is 30.3 Å². The van der Waals surface area contributed by atoms with Crippen LogP contribution in [-0.4, -0.2) is 38.8 Å². The van der Waals surface area contributed by atoms with Crippen LogP contribution in [0, 0.1) is 5.92 Å². The predicted octanol–water partition coefficient (Wildman–Crippen LogP) is 3.81. The topological polar surface area (TPSA) is 21.7 Å². The van der Waals surface area contributed by atoms with Gasteiger partial charge in [0.25, 0.3) is 0 Å². The average molecular weight is 311 g/mol. The SMILES string of the molecule is COc1ccc(OC[C@H]2CN(C)CCC2c2ccccc2)cc1. The molecule has 3 nitrogen and oxygen atoms in total. The molecule has 3 rings (SSSR count). The van der Waals surface area contributed by atoms with E-state index in [2.05, 4.69) is 42.3 Å². The van der Waals surface area contributed by atoms with E-state index < -0.39 is 0 Å². The zero-order valence-corrected chi connectivity index (χ0v) is 13.9. The highest BCUT2D eigenvalue weighted by molar-refractivity contribution is 5.31. The van der Waals surface area contributed by atoms with Crippen molar-refractivity contribution in [3.05, 3.63) is 60.2 Å². The monoisotopic (exact) mass is 311 g/mol. The van der Waals surface area contributed by atoms with Crippen LogP contribution in [0.2, 0.25) is 0 Å². The molecule has 0 spiro atoms. The minimum Gasteiger partial charge on any atom is -0.497 e. The van der Waals surface area contributed by atoms with Crippen molar-refractivity contribution >= 4 is 0 Å². The molecule has 2 aromatic rings. The third kappa shape index (κ3) is 4.05. The first-order valence-electron chi connectivity index (χ1n) is 8.26. The van der Waals surface area contributed by atoms with Crippen molar-refractivity contribution in [2.75, 3.05) is 33.9 Å². The molecule has 0 bridgehead atoms. The van der Waals surface area contributed by atoms with Gasteiger partial charge in [-0.25, -0.2) is 0 Å². The highest BCUT2D eigenvalue weighted by Crippen LogP contribution is 2.33. The van der Waals surface area contributed by atoms with Crippen molar-refractivity contribution in [1.82, 2.24) is 4.90 Å². The first-order valence-corrected chi connectivity index (χ1v) is 8.26. The largest absolute Gasteiger partial charge is 0.497 e. The molecule has 1 heterocycles. The van der Waals surface area contributed by atoms with Gasteiger partial charge in [0.05, 0.1) is 13.7 Å². The van der Waals surface area contributed by atoms with Gasteiger partial charge in [0.15, 0.2) is 0 Å². The van der Waals surface area contributed by atoms with E-state index in [1.807, 2.05) is 24.3 Å². The molecule has 0 amide bonds. The number of benzene rings is 2.